The number of aryl methyl sites for hydroxylation is 2. The van der Waals surface area contributed by atoms with E-state index in [1.807, 2.05) is 70.2 Å². The first-order chi connectivity index (χ1) is 27.0. The monoisotopic (exact) mass is 754 g/mol. The number of pyridine rings is 2. The van der Waals surface area contributed by atoms with Crippen molar-refractivity contribution in [1.29, 1.82) is 0 Å². The van der Waals surface area contributed by atoms with Gasteiger partial charge in [-0.1, -0.05) is 24.3 Å². The molecule has 0 saturated carbocycles. The van der Waals surface area contributed by atoms with Gasteiger partial charge in [-0.3, -0.25) is 19.2 Å². The first-order valence-corrected chi connectivity index (χ1v) is 18.6. The first kappa shape index (κ1) is 37.7. The van der Waals surface area contributed by atoms with Crippen LogP contribution >= 0.6 is 0 Å². The normalized spacial score (nSPS) is 12.9. The molecular weight excluding hydrogens is 712 g/mol. The molecule has 0 aliphatic carbocycles. The topological polar surface area (TPSA) is 156 Å². The number of anilines is 2. The van der Waals surface area contributed by atoms with Crippen LogP contribution in [0.5, 0.6) is 0 Å². The number of nitrogens with zero attached hydrogens (tertiary/aromatic N) is 4. The summed E-state index contributed by atoms with van der Waals surface area (Å²) in [6.45, 7) is 10.1. The number of halogens is 1. The van der Waals surface area contributed by atoms with Crippen molar-refractivity contribution in [3.05, 3.63) is 150 Å². The molecule has 7 rings (SSSR count). The van der Waals surface area contributed by atoms with Gasteiger partial charge in [0.2, 0.25) is 0 Å². The summed E-state index contributed by atoms with van der Waals surface area (Å²) >= 11 is 0. The van der Waals surface area contributed by atoms with Gasteiger partial charge in [-0.2, -0.15) is 5.10 Å². The van der Waals surface area contributed by atoms with Gasteiger partial charge in [0.15, 0.2) is 0 Å². The zero-order valence-corrected chi connectivity index (χ0v) is 31.8. The molecule has 0 spiro atoms. The highest BCUT2D eigenvalue weighted by Crippen LogP contribution is 2.30. The summed E-state index contributed by atoms with van der Waals surface area (Å²) in [4.78, 5) is 63.2. The molecule has 1 aliphatic rings. The summed E-state index contributed by atoms with van der Waals surface area (Å²) in [6, 6.07) is 21.3. The maximum Gasteiger partial charge on any atom is 0.272 e. The maximum atomic E-state index is 15.1. The predicted molar refractivity (Wildman–Crippen MR) is 216 cm³/mol. The standard InChI is InChI=1S/C43H43FN8O4/c1-5-45-37-22-30(21-33(27(37)4)40(53)47-24-35-25(2)18-26(3)48-41(35)54)29-11-13-39(46-23-29)51-14-16-52(17-15-51)43(56)34-19-28(10-12-36(34)44)20-38-31-8-6-7-9-32(31)42(55)50-49-38/h6-13,18-19,21-23,45H,5,14-17,20,24H2,1-4H3,(H,47,53)(H,48,54)(H,50,55). The molecule has 1 fully saturated rings. The van der Waals surface area contributed by atoms with Crippen LogP contribution in [0.2, 0.25) is 0 Å². The Balaban J connectivity index is 1.02. The van der Waals surface area contributed by atoms with Gasteiger partial charge in [-0.15, -0.1) is 0 Å². The molecule has 2 amide bonds. The zero-order chi connectivity index (χ0) is 39.5. The van der Waals surface area contributed by atoms with Gasteiger partial charge in [-0.05, 0) is 98.5 Å². The van der Waals surface area contributed by atoms with Crippen LogP contribution in [0, 0.1) is 26.6 Å². The second-order valence-corrected chi connectivity index (χ2v) is 14.1. The predicted octanol–water partition coefficient (Wildman–Crippen LogP) is 5.65. The highest BCUT2D eigenvalue weighted by molar-refractivity contribution is 5.99. The molecule has 3 aromatic heterocycles. The van der Waals surface area contributed by atoms with Crippen molar-refractivity contribution >= 4 is 34.1 Å². The fourth-order valence-corrected chi connectivity index (χ4v) is 7.25. The fraction of sp³-hybridized carbons (Fsp3) is 0.256. The largest absolute Gasteiger partial charge is 0.385 e. The minimum absolute atomic E-state index is 0.00541. The summed E-state index contributed by atoms with van der Waals surface area (Å²) in [5.74, 6) is -0.525. The molecule has 13 heteroatoms. The van der Waals surface area contributed by atoms with E-state index >= 15 is 4.39 Å². The van der Waals surface area contributed by atoms with Crippen LogP contribution in [0.1, 0.15) is 61.3 Å². The summed E-state index contributed by atoms with van der Waals surface area (Å²) in [7, 11) is 0. The van der Waals surface area contributed by atoms with Crippen LogP contribution in [0.25, 0.3) is 21.9 Å². The number of carbonyl (C=O) groups excluding carboxylic acids is 2. The Morgan fingerprint density at radius 3 is 2.34 bits per heavy atom. The molecular formula is C43H43FN8O4. The molecule has 4 heterocycles. The van der Waals surface area contributed by atoms with Crippen LogP contribution < -0.4 is 26.7 Å². The van der Waals surface area contributed by atoms with Gasteiger partial charge in [0, 0.05) is 85.3 Å². The van der Waals surface area contributed by atoms with Crippen molar-refractivity contribution in [3.63, 3.8) is 0 Å². The highest BCUT2D eigenvalue weighted by atomic mass is 19.1. The fourth-order valence-electron chi connectivity index (χ4n) is 7.25. The summed E-state index contributed by atoms with van der Waals surface area (Å²) < 4.78 is 15.1. The molecule has 286 valence electrons. The Hall–Kier alpha value is -6.63. The number of H-pyrrole nitrogens is 2. The van der Waals surface area contributed by atoms with E-state index in [2.05, 4.69) is 30.7 Å². The molecule has 0 radical (unpaired) electrons. The lowest BCUT2D eigenvalue weighted by molar-refractivity contribution is 0.0741. The van der Waals surface area contributed by atoms with E-state index in [-0.39, 0.29) is 35.0 Å². The number of nitrogens with one attached hydrogen (secondary N) is 4. The van der Waals surface area contributed by atoms with E-state index in [0.29, 0.717) is 72.3 Å². The third-order valence-corrected chi connectivity index (χ3v) is 10.3. The van der Waals surface area contributed by atoms with E-state index in [0.717, 1.165) is 39.5 Å². The van der Waals surface area contributed by atoms with E-state index < -0.39 is 5.82 Å². The van der Waals surface area contributed by atoms with Gasteiger partial charge in [0.1, 0.15) is 11.6 Å². The maximum absolute atomic E-state index is 15.1. The van der Waals surface area contributed by atoms with Crippen molar-refractivity contribution in [2.75, 3.05) is 42.9 Å². The zero-order valence-electron chi connectivity index (χ0n) is 31.8. The number of piperazine rings is 1. The van der Waals surface area contributed by atoms with Gasteiger partial charge in [-0.25, -0.2) is 14.5 Å². The van der Waals surface area contributed by atoms with Crippen molar-refractivity contribution in [2.45, 2.75) is 40.7 Å². The number of amides is 2. The van der Waals surface area contributed by atoms with E-state index in [9.17, 15) is 19.2 Å². The van der Waals surface area contributed by atoms with Crippen LogP contribution in [0.15, 0.2) is 88.6 Å². The van der Waals surface area contributed by atoms with E-state index in [4.69, 9.17) is 4.98 Å². The number of benzene rings is 3. The van der Waals surface area contributed by atoms with Crippen molar-refractivity contribution in [1.82, 2.24) is 30.4 Å². The van der Waals surface area contributed by atoms with Gasteiger partial charge >= 0.3 is 0 Å². The van der Waals surface area contributed by atoms with E-state index in [1.54, 1.807) is 35.4 Å². The minimum Gasteiger partial charge on any atom is -0.385 e. The summed E-state index contributed by atoms with van der Waals surface area (Å²) in [6.07, 6.45) is 2.09. The molecule has 1 aliphatic heterocycles. The Labute approximate surface area is 322 Å². The third kappa shape index (κ3) is 7.79. The van der Waals surface area contributed by atoms with Crippen molar-refractivity contribution < 1.29 is 14.0 Å². The Morgan fingerprint density at radius 1 is 0.857 bits per heavy atom. The number of hydrogen-bond donors (Lipinski definition) is 4. The average molecular weight is 755 g/mol. The lowest BCUT2D eigenvalue weighted by Crippen LogP contribution is -2.49. The van der Waals surface area contributed by atoms with Gasteiger partial charge < -0.3 is 25.4 Å². The lowest BCUT2D eigenvalue weighted by Gasteiger charge is -2.35. The van der Waals surface area contributed by atoms with Crippen LogP contribution in [-0.2, 0) is 13.0 Å². The number of aromatic nitrogens is 4. The molecule has 0 unspecified atom stereocenters. The molecule has 12 nitrogen and oxygen atoms in total. The number of fused-ring (bicyclic) bond motifs is 1. The molecule has 6 aromatic rings. The number of hydrogen-bond acceptors (Lipinski definition) is 8. The second-order valence-electron chi connectivity index (χ2n) is 14.1. The molecule has 0 atom stereocenters. The first-order valence-electron chi connectivity index (χ1n) is 18.6. The minimum atomic E-state index is -0.594. The molecule has 4 N–H and O–H groups in total. The van der Waals surface area contributed by atoms with Crippen molar-refractivity contribution in [2.24, 2.45) is 0 Å². The average Bonchev–Trinajstić information content (AvgIpc) is 3.20. The summed E-state index contributed by atoms with van der Waals surface area (Å²) in [5, 5.41) is 14.3. The summed E-state index contributed by atoms with van der Waals surface area (Å²) in [5.41, 5.74) is 6.68. The van der Waals surface area contributed by atoms with Crippen LogP contribution in [0.4, 0.5) is 15.9 Å². The highest BCUT2D eigenvalue weighted by Gasteiger charge is 2.26. The van der Waals surface area contributed by atoms with Crippen LogP contribution in [-0.4, -0.2) is 69.6 Å². The smallest absolute Gasteiger partial charge is 0.272 e. The molecule has 3 aromatic carbocycles. The molecule has 1 saturated heterocycles. The molecule has 56 heavy (non-hydrogen) atoms. The SMILES string of the molecule is CCNc1cc(-c2ccc(N3CCN(C(=O)c4cc(Cc5n[nH]c(=O)c6ccccc56)ccc4F)CC3)nc2)cc(C(=O)NCc2c(C)cc(C)[nH]c2=O)c1C. The Bertz CT molecular complexity index is 2580. The Kier molecular flexibility index (Phi) is 10.8. The van der Waals surface area contributed by atoms with Gasteiger partial charge in [0.05, 0.1) is 16.6 Å². The Morgan fingerprint density at radius 2 is 1.62 bits per heavy atom. The lowest BCUT2D eigenvalue weighted by atomic mass is 9.98. The van der Waals surface area contributed by atoms with Crippen molar-refractivity contribution in [3.8, 4) is 11.1 Å². The number of carbonyl (C=O) groups is 2. The third-order valence-electron chi connectivity index (χ3n) is 10.3. The molecule has 0 bridgehead atoms. The van der Waals surface area contributed by atoms with Crippen LogP contribution in [0.3, 0.4) is 0 Å². The van der Waals surface area contributed by atoms with Gasteiger partial charge in [0.25, 0.3) is 22.9 Å². The quantitative estimate of drug-likeness (QED) is 0.140. The number of rotatable bonds is 10. The second kappa shape index (κ2) is 16.0. The van der Waals surface area contributed by atoms with E-state index in [1.165, 1.54) is 6.07 Å². The number of aromatic amines is 2.